The number of nitrogen functional groups attached to an aromatic ring is 1. The van der Waals surface area contributed by atoms with Gasteiger partial charge in [0.2, 0.25) is 5.91 Å². The molecule has 0 atom stereocenters. The van der Waals surface area contributed by atoms with Gasteiger partial charge in [-0.05, 0) is 42.8 Å². The second kappa shape index (κ2) is 6.61. The molecule has 20 heavy (non-hydrogen) atoms. The molecule has 4 nitrogen and oxygen atoms in total. The van der Waals surface area contributed by atoms with Gasteiger partial charge in [-0.2, -0.15) is 0 Å². The molecule has 0 aliphatic heterocycles. The van der Waals surface area contributed by atoms with Crippen molar-refractivity contribution >= 4 is 17.3 Å². The minimum atomic E-state index is -0.0604. The number of carbonyl (C=O) groups excluding carboxylic acids is 1. The van der Waals surface area contributed by atoms with Crippen LogP contribution in [0.2, 0.25) is 0 Å². The van der Waals surface area contributed by atoms with E-state index in [1.165, 1.54) is 0 Å². The number of amides is 1. The highest BCUT2D eigenvalue weighted by atomic mass is 16.5. The van der Waals surface area contributed by atoms with Crippen molar-refractivity contribution in [1.82, 2.24) is 0 Å². The Balaban J connectivity index is 1.78. The summed E-state index contributed by atoms with van der Waals surface area (Å²) < 4.78 is 5.48. The maximum Gasteiger partial charge on any atom is 0.227 e. The van der Waals surface area contributed by atoms with Crippen LogP contribution < -0.4 is 15.8 Å². The van der Waals surface area contributed by atoms with E-state index in [2.05, 4.69) is 5.32 Å². The Labute approximate surface area is 118 Å². The highest BCUT2D eigenvalue weighted by molar-refractivity contribution is 5.91. The van der Waals surface area contributed by atoms with E-state index < -0.39 is 0 Å². The van der Waals surface area contributed by atoms with Crippen LogP contribution in [-0.4, -0.2) is 12.5 Å². The molecular formula is C16H18N2O2. The van der Waals surface area contributed by atoms with Crippen molar-refractivity contribution in [2.45, 2.75) is 13.3 Å². The summed E-state index contributed by atoms with van der Waals surface area (Å²) in [7, 11) is 0. The molecule has 0 bridgehead atoms. The maximum absolute atomic E-state index is 11.8. The Bertz CT molecular complexity index is 579. The molecule has 0 aliphatic rings. The average molecular weight is 270 g/mol. The van der Waals surface area contributed by atoms with Crippen LogP contribution in [0.25, 0.3) is 0 Å². The highest BCUT2D eigenvalue weighted by Crippen LogP contribution is 2.15. The van der Waals surface area contributed by atoms with Crippen molar-refractivity contribution in [2.75, 3.05) is 17.7 Å². The van der Waals surface area contributed by atoms with Gasteiger partial charge in [-0.3, -0.25) is 4.79 Å². The van der Waals surface area contributed by atoms with Gasteiger partial charge >= 0.3 is 0 Å². The van der Waals surface area contributed by atoms with Crippen LogP contribution in [-0.2, 0) is 4.79 Å². The number of para-hydroxylation sites is 1. The van der Waals surface area contributed by atoms with Crippen LogP contribution in [0.4, 0.5) is 11.4 Å². The lowest BCUT2D eigenvalue weighted by Gasteiger charge is -2.09. The van der Waals surface area contributed by atoms with Crippen molar-refractivity contribution in [2.24, 2.45) is 0 Å². The molecule has 0 fully saturated rings. The van der Waals surface area contributed by atoms with Gasteiger partial charge in [-0.15, -0.1) is 0 Å². The van der Waals surface area contributed by atoms with Crippen LogP contribution in [0.5, 0.6) is 5.75 Å². The number of ether oxygens (including phenoxy) is 1. The summed E-state index contributed by atoms with van der Waals surface area (Å²) in [5.74, 6) is 0.651. The molecule has 1 amide bonds. The Morgan fingerprint density at radius 3 is 2.55 bits per heavy atom. The van der Waals surface area contributed by atoms with Crippen LogP contribution >= 0.6 is 0 Å². The molecule has 0 saturated heterocycles. The quantitative estimate of drug-likeness (QED) is 0.821. The van der Waals surface area contributed by atoms with Gasteiger partial charge in [0.15, 0.2) is 0 Å². The molecule has 2 rings (SSSR count). The normalized spacial score (nSPS) is 10.1. The Kier molecular flexibility index (Phi) is 4.60. The van der Waals surface area contributed by atoms with Gasteiger partial charge in [-0.25, -0.2) is 0 Å². The minimum absolute atomic E-state index is 0.0604. The summed E-state index contributed by atoms with van der Waals surface area (Å²) in [6.45, 7) is 2.29. The molecule has 0 unspecified atom stereocenters. The zero-order valence-electron chi connectivity index (χ0n) is 11.4. The topological polar surface area (TPSA) is 64.3 Å². The molecule has 0 aliphatic carbocycles. The fraction of sp³-hybridized carbons (Fsp3) is 0.188. The highest BCUT2D eigenvalue weighted by Gasteiger charge is 2.04. The molecule has 2 aromatic carbocycles. The smallest absolute Gasteiger partial charge is 0.227 e. The van der Waals surface area contributed by atoms with Crippen LogP contribution in [0.1, 0.15) is 12.0 Å². The van der Waals surface area contributed by atoms with Crippen molar-refractivity contribution < 1.29 is 9.53 Å². The van der Waals surface area contributed by atoms with Gasteiger partial charge in [-0.1, -0.05) is 18.2 Å². The first-order valence-electron chi connectivity index (χ1n) is 6.49. The van der Waals surface area contributed by atoms with Gasteiger partial charge in [0, 0.05) is 11.4 Å². The molecular weight excluding hydrogens is 252 g/mol. The third-order valence-corrected chi connectivity index (χ3v) is 2.90. The first-order valence-corrected chi connectivity index (χ1v) is 6.49. The first kappa shape index (κ1) is 13.9. The van der Waals surface area contributed by atoms with Gasteiger partial charge in [0.05, 0.1) is 13.0 Å². The number of anilines is 2. The molecule has 0 aromatic heterocycles. The van der Waals surface area contributed by atoms with Crippen molar-refractivity contribution in [1.29, 1.82) is 0 Å². The van der Waals surface area contributed by atoms with Crippen molar-refractivity contribution in [3.8, 4) is 5.75 Å². The lowest BCUT2D eigenvalue weighted by Crippen LogP contribution is -2.15. The predicted octanol–water partition coefficient (Wildman–Crippen LogP) is 2.98. The van der Waals surface area contributed by atoms with Crippen molar-refractivity contribution in [3.63, 3.8) is 0 Å². The number of nitrogens with two attached hydrogens (primary N) is 1. The summed E-state index contributed by atoms with van der Waals surface area (Å²) in [5, 5.41) is 2.87. The zero-order chi connectivity index (χ0) is 14.4. The Hall–Kier alpha value is -2.49. The molecule has 0 spiro atoms. The lowest BCUT2D eigenvalue weighted by molar-refractivity contribution is -0.116. The molecule has 4 heteroatoms. The van der Waals surface area contributed by atoms with Gasteiger partial charge in [0.1, 0.15) is 5.75 Å². The van der Waals surface area contributed by atoms with E-state index in [0.717, 1.165) is 11.3 Å². The summed E-state index contributed by atoms with van der Waals surface area (Å²) in [4.78, 5) is 11.8. The summed E-state index contributed by atoms with van der Waals surface area (Å²) >= 11 is 0. The zero-order valence-corrected chi connectivity index (χ0v) is 11.4. The van der Waals surface area contributed by atoms with E-state index in [-0.39, 0.29) is 5.91 Å². The van der Waals surface area contributed by atoms with E-state index in [9.17, 15) is 4.79 Å². The summed E-state index contributed by atoms with van der Waals surface area (Å²) in [6.07, 6.45) is 0.304. The monoisotopic (exact) mass is 270 g/mol. The average Bonchev–Trinajstić information content (AvgIpc) is 2.44. The molecule has 104 valence electrons. The van der Waals surface area contributed by atoms with Crippen LogP contribution in [0.3, 0.4) is 0 Å². The fourth-order valence-corrected chi connectivity index (χ4v) is 1.75. The minimum Gasteiger partial charge on any atom is -0.493 e. The van der Waals surface area contributed by atoms with E-state index >= 15 is 0 Å². The molecule has 0 saturated carbocycles. The van der Waals surface area contributed by atoms with Crippen LogP contribution in [0, 0.1) is 6.92 Å². The number of benzene rings is 2. The van der Waals surface area contributed by atoms with E-state index in [1.54, 1.807) is 24.3 Å². The maximum atomic E-state index is 11.8. The SMILES string of the molecule is Cc1ccccc1NC(=O)CCOc1ccc(N)cc1. The Morgan fingerprint density at radius 2 is 1.85 bits per heavy atom. The third kappa shape index (κ3) is 4.02. The largest absolute Gasteiger partial charge is 0.493 e. The van der Waals surface area contributed by atoms with Crippen molar-refractivity contribution in [3.05, 3.63) is 54.1 Å². The number of hydrogen-bond donors (Lipinski definition) is 2. The van der Waals surface area contributed by atoms with E-state index in [4.69, 9.17) is 10.5 Å². The third-order valence-electron chi connectivity index (χ3n) is 2.90. The van der Waals surface area contributed by atoms with E-state index in [0.29, 0.717) is 24.5 Å². The Morgan fingerprint density at radius 1 is 1.15 bits per heavy atom. The molecule has 0 heterocycles. The lowest BCUT2D eigenvalue weighted by atomic mass is 10.2. The second-order valence-electron chi connectivity index (χ2n) is 4.53. The fourth-order valence-electron chi connectivity index (χ4n) is 1.75. The van der Waals surface area contributed by atoms with Crippen LogP contribution in [0.15, 0.2) is 48.5 Å². The number of rotatable bonds is 5. The number of aryl methyl sites for hydroxylation is 1. The number of carbonyl (C=O) groups is 1. The predicted molar refractivity (Wildman–Crippen MR) is 80.8 cm³/mol. The number of hydrogen-bond acceptors (Lipinski definition) is 3. The summed E-state index contributed by atoms with van der Waals surface area (Å²) in [5.41, 5.74) is 8.15. The molecule has 2 aromatic rings. The molecule has 3 N–H and O–H groups in total. The van der Waals surface area contributed by atoms with Gasteiger partial charge in [0.25, 0.3) is 0 Å². The molecule has 0 radical (unpaired) electrons. The first-order chi connectivity index (χ1) is 9.65. The second-order valence-corrected chi connectivity index (χ2v) is 4.53. The number of nitrogens with one attached hydrogen (secondary N) is 1. The van der Waals surface area contributed by atoms with E-state index in [1.807, 2.05) is 31.2 Å². The van der Waals surface area contributed by atoms with Gasteiger partial charge < -0.3 is 15.8 Å². The summed E-state index contributed by atoms with van der Waals surface area (Å²) in [6, 6.07) is 14.8. The standard InChI is InChI=1S/C16H18N2O2/c1-12-4-2-3-5-15(12)18-16(19)10-11-20-14-8-6-13(17)7-9-14/h2-9H,10-11,17H2,1H3,(H,18,19).